The maximum atomic E-state index is 13.2. The molecule has 1 amide bonds. The van der Waals surface area contributed by atoms with Crippen molar-refractivity contribution in [3.63, 3.8) is 0 Å². The second-order valence-corrected chi connectivity index (χ2v) is 6.71. The van der Waals surface area contributed by atoms with Crippen molar-refractivity contribution in [2.45, 2.75) is 25.1 Å². The molecule has 4 nitrogen and oxygen atoms in total. The van der Waals surface area contributed by atoms with Crippen molar-refractivity contribution in [3.8, 4) is 0 Å². The number of alkyl halides is 3. The van der Waals surface area contributed by atoms with E-state index in [0.29, 0.717) is 24.3 Å². The number of nitrogens with one attached hydrogen (secondary N) is 1. The molecule has 5 rings (SSSR count). The Morgan fingerprint density at radius 2 is 2.00 bits per heavy atom. The highest BCUT2D eigenvalue weighted by Crippen LogP contribution is 2.39. The molecule has 2 atom stereocenters. The van der Waals surface area contributed by atoms with Gasteiger partial charge in [-0.3, -0.25) is 4.79 Å². The molecule has 2 bridgehead atoms. The molecular weight excluding hydrogens is 319 g/mol. The molecule has 4 heterocycles. The molecule has 3 saturated heterocycles. The average molecular weight is 337 g/mol. The molecule has 24 heavy (non-hydrogen) atoms. The number of amides is 1. The van der Waals surface area contributed by atoms with Gasteiger partial charge in [-0.05, 0) is 31.0 Å². The lowest BCUT2D eigenvalue weighted by Gasteiger charge is -2.32. The van der Waals surface area contributed by atoms with Crippen molar-refractivity contribution in [1.82, 2.24) is 9.88 Å². The van der Waals surface area contributed by atoms with E-state index in [1.54, 1.807) is 24.2 Å². The summed E-state index contributed by atoms with van der Waals surface area (Å²) in [6.45, 7) is 1.04. The Bertz CT molecular complexity index is 798. The van der Waals surface area contributed by atoms with Crippen molar-refractivity contribution in [3.05, 3.63) is 30.0 Å². The number of rotatable bonds is 1. The van der Waals surface area contributed by atoms with Crippen LogP contribution in [0.5, 0.6) is 0 Å². The minimum atomic E-state index is -4.40. The van der Waals surface area contributed by atoms with Gasteiger partial charge in [0.1, 0.15) is 0 Å². The summed E-state index contributed by atoms with van der Waals surface area (Å²) in [6.07, 6.45) is -1.04. The van der Waals surface area contributed by atoms with Gasteiger partial charge in [-0.2, -0.15) is 13.2 Å². The van der Waals surface area contributed by atoms with Gasteiger partial charge in [0.05, 0.1) is 11.5 Å². The van der Waals surface area contributed by atoms with Crippen LogP contribution >= 0.6 is 0 Å². The van der Waals surface area contributed by atoms with Crippen LogP contribution in [0.1, 0.15) is 18.4 Å². The van der Waals surface area contributed by atoms with Gasteiger partial charge >= 0.3 is 6.18 Å². The summed E-state index contributed by atoms with van der Waals surface area (Å²) < 4.78 is 39.7. The summed E-state index contributed by atoms with van der Waals surface area (Å²) in [7, 11) is 1.79. The van der Waals surface area contributed by atoms with E-state index in [4.69, 9.17) is 0 Å². The zero-order valence-corrected chi connectivity index (χ0v) is 13.2. The number of nitrogens with zero attached hydrogens (tertiary/aromatic N) is 2. The third kappa shape index (κ3) is 2.34. The summed E-state index contributed by atoms with van der Waals surface area (Å²) >= 11 is 0. The highest BCUT2D eigenvalue weighted by atomic mass is 19.4. The highest BCUT2D eigenvalue weighted by molar-refractivity contribution is 5.94. The van der Waals surface area contributed by atoms with Crippen LogP contribution in [0.25, 0.3) is 10.9 Å². The van der Waals surface area contributed by atoms with Crippen LogP contribution in [0.4, 0.5) is 18.9 Å². The SMILES string of the molecule is CN1C(=O)[C@@H]2CC[C@H]1CN(c1cc(C(F)(F)F)cc3[nH]ccc13)C2. The van der Waals surface area contributed by atoms with Crippen molar-refractivity contribution in [2.75, 3.05) is 25.0 Å². The molecule has 1 N–H and O–H groups in total. The fraction of sp³-hybridized carbons (Fsp3) is 0.471. The van der Waals surface area contributed by atoms with Crippen molar-refractivity contribution >= 4 is 22.5 Å². The first-order valence-electron chi connectivity index (χ1n) is 8.04. The number of H-pyrrole nitrogens is 1. The van der Waals surface area contributed by atoms with E-state index in [1.807, 2.05) is 4.90 Å². The number of anilines is 1. The standard InChI is InChI=1S/C17H18F3N3O/c1-22-12-3-2-10(16(22)24)8-23(9-12)15-7-11(17(18,19)20)6-14-13(15)4-5-21-14/h4-7,10,12,21H,2-3,8-9H2,1H3/t10-,12+/m1/s1. The molecule has 0 spiro atoms. The number of hydrogen-bond acceptors (Lipinski definition) is 2. The van der Waals surface area contributed by atoms with E-state index in [9.17, 15) is 18.0 Å². The minimum Gasteiger partial charge on any atom is -0.368 e. The van der Waals surface area contributed by atoms with Crippen LogP contribution < -0.4 is 4.90 Å². The van der Waals surface area contributed by atoms with Crippen molar-refractivity contribution in [1.29, 1.82) is 0 Å². The Labute approximate surface area is 137 Å². The Kier molecular flexibility index (Phi) is 3.30. The fourth-order valence-corrected chi connectivity index (χ4v) is 3.93. The predicted molar refractivity (Wildman–Crippen MR) is 84.8 cm³/mol. The lowest BCUT2D eigenvalue weighted by Crippen LogP contribution is -2.45. The molecule has 0 aliphatic carbocycles. The van der Waals surface area contributed by atoms with Crippen LogP contribution in [0.2, 0.25) is 0 Å². The number of carbonyl (C=O) groups is 1. The Hall–Kier alpha value is -2.18. The van der Waals surface area contributed by atoms with Gasteiger partial charge in [0.25, 0.3) is 0 Å². The second-order valence-electron chi connectivity index (χ2n) is 6.71. The van der Waals surface area contributed by atoms with Crippen LogP contribution in [-0.4, -0.2) is 42.0 Å². The van der Waals surface area contributed by atoms with Gasteiger partial charge in [-0.15, -0.1) is 0 Å². The first-order chi connectivity index (χ1) is 11.3. The maximum absolute atomic E-state index is 13.2. The summed E-state index contributed by atoms with van der Waals surface area (Å²) in [6, 6.07) is 4.21. The Morgan fingerprint density at radius 1 is 1.21 bits per heavy atom. The predicted octanol–water partition coefficient (Wildman–Crippen LogP) is 3.24. The van der Waals surface area contributed by atoms with E-state index in [0.717, 1.165) is 24.3 Å². The second kappa shape index (κ2) is 5.16. The number of likely N-dealkylation sites (N-methyl/N-ethyl adjacent to an activating group) is 1. The van der Waals surface area contributed by atoms with Crippen LogP contribution in [0.15, 0.2) is 24.4 Å². The Balaban J connectivity index is 1.81. The number of fused-ring (bicyclic) bond motifs is 5. The van der Waals surface area contributed by atoms with E-state index in [2.05, 4.69) is 4.98 Å². The third-order valence-corrected chi connectivity index (χ3v) is 5.28. The highest BCUT2D eigenvalue weighted by Gasteiger charge is 2.40. The summed E-state index contributed by atoms with van der Waals surface area (Å²) in [5.41, 5.74) is 0.362. The number of halogens is 3. The number of piperidine rings is 1. The van der Waals surface area contributed by atoms with Gasteiger partial charge in [0.2, 0.25) is 5.91 Å². The summed E-state index contributed by atoms with van der Waals surface area (Å²) in [4.78, 5) is 18.9. The van der Waals surface area contributed by atoms with Gasteiger partial charge in [-0.1, -0.05) is 0 Å². The van der Waals surface area contributed by atoms with Crippen molar-refractivity contribution in [2.24, 2.45) is 5.92 Å². The van der Waals surface area contributed by atoms with E-state index in [-0.39, 0.29) is 17.9 Å². The number of benzene rings is 1. The maximum Gasteiger partial charge on any atom is 0.416 e. The molecule has 2 aromatic rings. The van der Waals surface area contributed by atoms with E-state index < -0.39 is 11.7 Å². The van der Waals surface area contributed by atoms with Gasteiger partial charge in [-0.25, -0.2) is 0 Å². The molecule has 128 valence electrons. The zero-order valence-electron chi connectivity index (χ0n) is 13.2. The topological polar surface area (TPSA) is 39.3 Å². The zero-order chi connectivity index (χ0) is 17.1. The average Bonchev–Trinajstić information content (AvgIpc) is 2.84. The van der Waals surface area contributed by atoms with E-state index in [1.165, 1.54) is 6.07 Å². The number of aromatic amines is 1. The van der Waals surface area contributed by atoms with Crippen molar-refractivity contribution < 1.29 is 18.0 Å². The Morgan fingerprint density at radius 3 is 2.75 bits per heavy atom. The van der Waals surface area contributed by atoms with E-state index >= 15 is 0 Å². The van der Waals surface area contributed by atoms with Gasteiger partial charge in [0, 0.05) is 49.0 Å². The molecule has 3 fully saturated rings. The van der Waals surface area contributed by atoms with Crippen LogP contribution in [0, 0.1) is 5.92 Å². The molecule has 3 aliphatic heterocycles. The number of hydrogen-bond donors (Lipinski definition) is 1. The third-order valence-electron chi connectivity index (χ3n) is 5.28. The molecule has 0 unspecified atom stereocenters. The van der Waals surface area contributed by atoms with Gasteiger partial charge in [0.15, 0.2) is 0 Å². The monoisotopic (exact) mass is 337 g/mol. The quantitative estimate of drug-likeness (QED) is 0.868. The molecule has 0 saturated carbocycles. The van der Waals surface area contributed by atoms with Crippen LogP contribution in [-0.2, 0) is 11.0 Å². The number of carbonyl (C=O) groups excluding carboxylic acids is 1. The smallest absolute Gasteiger partial charge is 0.368 e. The largest absolute Gasteiger partial charge is 0.416 e. The fourth-order valence-electron chi connectivity index (χ4n) is 3.93. The van der Waals surface area contributed by atoms with Crippen LogP contribution in [0.3, 0.4) is 0 Å². The minimum absolute atomic E-state index is 0.0554. The first kappa shape index (κ1) is 15.4. The number of aromatic nitrogens is 1. The summed E-state index contributed by atoms with van der Waals surface area (Å²) in [5, 5.41) is 0.763. The molecule has 0 radical (unpaired) electrons. The molecule has 1 aromatic carbocycles. The lowest BCUT2D eigenvalue weighted by atomic mass is 9.95. The first-order valence-corrected chi connectivity index (χ1v) is 8.04. The molecular formula is C17H18F3N3O. The van der Waals surface area contributed by atoms with Gasteiger partial charge < -0.3 is 14.8 Å². The molecule has 1 aromatic heterocycles. The normalized spacial score (nSPS) is 24.8. The summed E-state index contributed by atoms with van der Waals surface area (Å²) in [5.74, 6) is -0.0386. The molecule has 3 aliphatic rings. The lowest BCUT2D eigenvalue weighted by molar-refractivity contribution is -0.138. The molecule has 7 heteroatoms.